The number of para-hydroxylation sites is 2. The van der Waals surface area contributed by atoms with Gasteiger partial charge in [-0.05, 0) is 44.4 Å². The van der Waals surface area contributed by atoms with E-state index < -0.39 is 5.60 Å². The van der Waals surface area contributed by atoms with Crippen LogP contribution < -0.4 is 10.6 Å². The Morgan fingerprint density at radius 1 is 1.36 bits per heavy atom. The molecule has 0 atom stereocenters. The molecule has 1 saturated carbocycles. The van der Waals surface area contributed by atoms with Gasteiger partial charge in [-0.2, -0.15) is 5.10 Å². The summed E-state index contributed by atoms with van der Waals surface area (Å²) in [6.45, 7) is 2.19. The fourth-order valence-electron chi connectivity index (χ4n) is 2.50. The highest BCUT2D eigenvalue weighted by Crippen LogP contribution is 2.30. The van der Waals surface area contributed by atoms with Gasteiger partial charge >= 0.3 is 6.03 Å². The van der Waals surface area contributed by atoms with Gasteiger partial charge in [-0.3, -0.25) is 0 Å². The molecule has 2 amide bonds. The van der Waals surface area contributed by atoms with Gasteiger partial charge in [0.15, 0.2) is 0 Å². The van der Waals surface area contributed by atoms with E-state index >= 15 is 0 Å². The maximum Gasteiger partial charge on any atom is 0.319 e. The van der Waals surface area contributed by atoms with Crippen molar-refractivity contribution in [3.8, 4) is 5.69 Å². The van der Waals surface area contributed by atoms with E-state index in [9.17, 15) is 9.90 Å². The van der Waals surface area contributed by atoms with Crippen molar-refractivity contribution in [2.45, 2.75) is 31.8 Å². The van der Waals surface area contributed by atoms with Crippen LogP contribution in [0.4, 0.5) is 10.5 Å². The van der Waals surface area contributed by atoms with Crippen molar-refractivity contribution in [2.24, 2.45) is 0 Å². The topological polar surface area (TPSA) is 79.2 Å². The number of nitrogens with zero attached hydrogens (tertiary/aromatic N) is 2. The molecule has 1 aromatic heterocycles. The number of aryl methyl sites for hydroxylation is 1. The lowest BCUT2D eigenvalue weighted by atomic mass is 9.80. The lowest BCUT2D eigenvalue weighted by Gasteiger charge is -2.36. The lowest BCUT2D eigenvalue weighted by molar-refractivity contribution is -0.0287. The van der Waals surface area contributed by atoms with Gasteiger partial charge in [0.05, 0.1) is 22.7 Å². The first-order valence-electron chi connectivity index (χ1n) is 7.45. The average molecular weight is 300 g/mol. The zero-order valence-electron chi connectivity index (χ0n) is 12.5. The number of hydrogen-bond acceptors (Lipinski definition) is 3. The van der Waals surface area contributed by atoms with E-state index in [0.717, 1.165) is 30.6 Å². The number of nitrogens with one attached hydrogen (secondary N) is 2. The number of carbonyl (C=O) groups excluding carboxylic acids is 1. The van der Waals surface area contributed by atoms with E-state index in [1.54, 1.807) is 4.68 Å². The fraction of sp³-hybridized carbons (Fsp3) is 0.375. The molecule has 1 fully saturated rings. The second-order valence-corrected chi connectivity index (χ2v) is 5.80. The smallest absolute Gasteiger partial charge is 0.319 e. The molecule has 1 aliphatic rings. The monoisotopic (exact) mass is 300 g/mol. The summed E-state index contributed by atoms with van der Waals surface area (Å²) in [5.74, 6) is 0. The summed E-state index contributed by atoms with van der Waals surface area (Å²) in [6, 6.07) is 9.05. The van der Waals surface area contributed by atoms with Crippen molar-refractivity contribution in [3.63, 3.8) is 0 Å². The highest BCUT2D eigenvalue weighted by atomic mass is 16.3. The zero-order valence-corrected chi connectivity index (χ0v) is 12.5. The van der Waals surface area contributed by atoms with E-state index in [1.165, 1.54) is 0 Å². The molecule has 0 spiro atoms. The first-order chi connectivity index (χ1) is 10.6. The molecule has 1 aliphatic carbocycles. The first-order valence-corrected chi connectivity index (χ1v) is 7.45. The number of rotatable bonds is 4. The molecule has 3 rings (SSSR count). The Morgan fingerprint density at radius 3 is 2.77 bits per heavy atom. The molecule has 1 aromatic carbocycles. The van der Waals surface area contributed by atoms with Crippen LogP contribution in [0.5, 0.6) is 0 Å². The van der Waals surface area contributed by atoms with Crippen molar-refractivity contribution in [1.82, 2.24) is 15.1 Å². The number of benzene rings is 1. The minimum Gasteiger partial charge on any atom is -0.388 e. The van der Waals surface area contributed by atoms with Gasteiger partial charge in [-0.1, -0.05) is 12.1 Å². The Bertz CT molecular complexity index is 676. The van der Waals surface area contributed by atoms with Crippen LogP contribution in [0.3, 0.4) is 0 Å². The zero-order chi connectivity index (χ0) is 15.6. The van der Waals surface area contributed by atoms with Gasteiger partial charge in [-0.25, -0.2) is 9.48 Å². The summed E-state index contributed by atoms with van der Waals surface area (Å²) >= 11 is 0. The number of aliphatic hydroxyl groups is 1. The third-order valence-electron chi connectivity index (χ3n) is 3.98. The Kier molecular flexibility index (Phi) is 3.85. The third-order valence-corrected chi connectivity index (χ3v) is 3.98. The van der Waals surface area contributed by atoms with Crippen LogP contribution in [0, 0.1) is 6.92 Å². The highest BCUT2D eigenvalue weighted by Gasteiger charge is 2.34. The maximum absolute atomic E-state index is 12.0. The van der Waals surface area contributed by atoms with Gasteiger partial charge < -0.3 is 15.7 Å². The Hall–Kier alpha value is -2.34. The molecule has 0 unspecified atom stereocenters. The molecule has 22 heavy (non-hydrogen) atoms. The summed E-state index contributed by atoms with van der Waals surface area (Å²) in [5.41, 5.74) is 1.65. The van der Waals surface area contributed by atoms with Crippen LogP contribution in [0.1, 0.15) is 25.0 Å². The molecule has 6 heteroatoms. The van der Waals surface area contributed by atoms with Gasteiger partial charge in [0.2, 0.25) is 0 Å². The molecule has 0 radical (unpaired) electrons. The fourth-order valence-corrected chi connectivity index (χ4v) is 2.50. The average Bonchev–Trinajstić information content (AvgIpc) is 2.90. The van der Waals surface area contributed by atoms with Crippen LogP contribution in [-0.4, -0.2) is 33.1 Å². The Balaban J connectivity index is 1.68. The van der Waals surface area contributed by atoms with E-state index in [0.29, 0.717) is 5.69 Å². The molecule has 1 heterocycles. The number of carbonyl (C=O) groups is 1. The van der Waals surface area contributed by atoms with Crippen LogP contribution in [0.25, 0.3) is 5.69 Å². The van der Waals surface area contributed by atoms with Gasteiger partial charge in [0.25, 0.3) is 0 Å². The predicted octanol–water partition coefficient (Wildman–Crippen LogP) is 2.22. The van der Waals surface area contributed by atoms with Crippen LogP contribution in [0.2, 0.25) is 0 Å². The van der Waals surface area contributed by atoms with Crippen molar-refractivity contribution in [1.29, 1.82) is 0 Å². The molecule has 0 bridgehead atoms. The minimum atomic E-state index is -0.726. The summed E-state index contributed by atoms with van der Waals surface area (Å²) in [7, 11) is 0. The van der Waals surface area contributed by atoms with E-state index in [-0.39, 0.29) is 12.6 Å². The van der Waals surface area contributed by atoms with E-state index in [1.807, 2.05) is 43.5 Å². The number of anilines is 1. The second kappa shape index (κ2) is 5.81. The van der Waals surface area contributed by atoms with Crippen LogP contribution in [0.15, 0.2) is 36.5 Å². The number of aromatic nitrogens is 2. The van der Waals surface area contributed by atoms with Crippen LogP contribution in [-0.2, 0) is 0 Å². The van der Waals surface area contributed by atoms with Crippen LogP contribution >= 0.6 is 0 Å². The number of hydrogen-bond donors (Lipinski definition) is 3. The van der Waals surface area contributed by atoms with E-state index in [2.05, 4.69) is 15.7 Å². The molecule has 116 valence electrons. The summed E-state index contributed by atoms with van der Waals surface area (Å²) in [6.07, 6.45) is 4.36. The largest absolute Gasteiger partial charge is 0.388 e. The summed E-state index contributed by atoms with van der Waals surface area (Å²) in [4.78, 5) is 12.0. The predicted molar refractivity (Wildman–Crippen MR) is 84.1 cm³/mol. The normalized spacial score (nSPS) is 15.9. The second-order valence-electron chi connectivity index (χ2n) is 5.80. The molecule has 2 aromatic rings. The molecular weight excluding hydrogens is 280 g/mol. The molecule has 3 N–H and O–H groups in total. The van der Waals surface area contributed by atoms with Gasteiger partial charge in [0, 0.05) is 12.7 Å². The lowest BCUT2D eigenvalue weighted by Crippen LogP contribution is -2.48. The molecule has 6 nitrogen and oxygen atoms in total. The van der Waals surface area contributed by atoms with Crippen molar-refractivity contribution in [2.75, 3.05) is 11.9 Å². The first kappa shape index (κ1) is 14.6. The van der Waals surface area contributed by atoms with Gasteiger partial charge in [0.1, 0.15) is 0 Å². The molecule has 0 aliphatic heterocycles. The summed E-state index contributed by atoms with van der Waals surface area (Å²) in [5, 5.41) is 19.9. The minimum absolute atomic E-state index is 0.280. The highest BCUT2D eigenvalue weighted by molar-refractivity contribution is 5.91. The standard InChI is InChI=1S/C16H20N4O2/c1-12-7-10-20(19-12)14-6-3-2-5-13(14)18-15(21)17-11-16(22)8-4-9-16/h2-3,5-7,10,22H,4,8-9,11H2,1H3,(H2,17,18,21). The maximum atomic E-state index is 12.0. The van der Waals surface area contributed by atoms with Crippen molar-refractivity contribution in [3.05, 3.63) is 42.2 Å². The quantitative estimate of drug-likeness (QED) is 0.810. The molecular formula is C16H20N4O2. The summed E-state index contributed by atoms with van der Waals surface area (Å²) < 4.78 is 1.73. The van der Waals surface area contributed by atoms with Crippen molar-refractivity contribution < 1.29 is 9.90 Å². The Labute approximate surface area is 129 Å². The number of amides is 2. The Morgan fingerprint density at radius 2 is 2.14 bits per heavy atom. The van der Waals surface area contributed by atoms with Gasteiger partial charge in [-0.15, -0.1) is 0 Å². The van der Waals surface area contributed by atoms with Crippen molar-refractivity contribution >= 4 is 11.7 Å². The molecule has 0 saturated heterocycles. The number of urea groups is 1. The third kappa shape index (κ3) is 3.12. The SMILES string of the molecule is Cc1ccn(-c2ccccc2NC(=O)NCC2(O)CCC2)n1. The van der Waals surface area contributed by atoms with E-state index in [4.69, 9.17) is 0 Å².